The van der Waals surface area contributed by atoms with E-state index in [2.05, 4.69) is 24.1 Å². The Bertz CT molecular complexity index is 318. The Kier molecular flexibility index (Phi) is 2.64. The summed E-state index contributed by atoms with van der Waals surface area (Å²) < 4.78 is 0. The average Bonchev–Trinajstić information content (AvgIpc) is 2.65. The van der Waals surface area contributed by atoms with E-state index in [-0.39, 0.29) is 0 Å². The van der Waals surface area contributed by atoms with Crippen molar-refractivity contribution in [2.24, 2.45) is 0 Å². The van der Waals surface area contributed by atoms with Gasteiger partial charge in [0, 0.05) is 12.1 Å². The van der Waals surface area contributed by atoms with Crippen molar-refractivity contribution >= 4 is 6.29 Å². The van der Waals surface area contributed by atoms with Crippen molar-refractivity contribution in [3.05, 3.63) is 35.4 Å². The maximum absolute atomic E-state index is 10.5. The number of aldehydes is 1. The van der Waals surface area contributed by atoms with E-state index in [4.69, 9.17) is 0 Å². The molecule has 14 heavy (non-hydrogen) atoms. The highest BCUT2D eigenvalue weighted by atomic mass is 16.1. The molecule has 1 saturated heterocycles. The van der Waals surface area contributed by atoms with Crippen LogP contribution in [0.1, 0.15) is 28.3 Å². The molecule has 0 aromatic heterocycles. The van der Waals surface area contributed by atoms with Crippen LogP contribution in [0.4, 0.5) is 0 Å². The lowest BCUT2D eigenvalue weighted by molar-refractivity contribution is 0.112. The molecule has 0 bridgehead atoms. The number of hydrogen-bond donors (Lipinski definition) is 0. The average molecular weight is 189 g/mol. The Morgan fingerprint density at radius 1 is 1.36 bits per heavy atom. The van der Waals surface area contributed by atoms with Crippen LogP contribution < -0.4 is 0 Å². The van der Waals surface area contributed by atoms with Crippen LogP contribution in [0.5, 0.6) is 0 Å². The van der Waals surface area contributed by atoms with Crippen molar-refractivity contribution < 1.29 is 4.79 Å². The van der Waals surface area contributed by atoms with E-state index in [9.17, 15) is 4.79 Å². The molecule has 1 aliphatic heterocycles. The van der Waals surface area contributed by atoms with E-state index < -0.39 is 0 Å². The second-order valence-corrected chi connectivity index (χ2v) is 4.03. The summed E-state index contributed by atoms with van der Waals surface area (Å²) >= 11 is 0. The van der Waals surface area contributed by atoms with Crippen molar-refractivity contribution in [2.75, 3.05) is 20.1 Å². The zero-order valence-corrected chi connectivity index (χ0v) is 8.44. The molecule has 2 rings (SSSR count). The van der Waals surface area contributed by atoms with Crippen LogP contribution >= 0.6 is 0 Å². The Morgan fingerprint density at radius 2 is 2.07 bits per heavy atom. The van der Waals surface area contributed by atoms with Gasteiger partial charge in [0.25, 0.3) is 0 Å². The van der Waals surface area contributed by atoms with Gasteiger partial charge in [0.2, 0.25) is 0 Å². The minimum atomic E-state index is 0.653. The van der Waals surface area contributed by atoms with Crippen LogP contribution in [0, 0.1) is 0 Å². The molecule has 1 fully saturated rings. The molecule has 0 saturated carbocycles. The minimum Gasteiger partial charge on any atom is -0.306 e. The lowest BCUT2D eigenvalue weighted by atomic mass is 9.97. The highest BCUT2D eigenvalue weighted by Gasteiger charge is 2.20. The molecule has 1 aromatic carbocycles. The summed E-state index contributed by atoms with van der Waals surface area (Å²) in [6.07, 6.45) is 2.13. The van der Waals surface area contributed by atoms with Crippen LogP contribution in [-0.4, -0.2) is 31.3 Å². The van der Waals surface area contributed by atoms with Gasteiger partial charge in [0.1, 0.15) is 6.29 Å². The molecule has 1 aromatic rings. The fourth-order valence-electron chi connectivity index (χ4n) is 2.05. The molecule has 1 heterocycles. The predicted molar refractivity (Wildman–Crippen MR) is 56.7 cm³/mol. The number of likely N-dealkylation sites (N-methyl/N-ethyl adjacent to an activating group) is 1. The van der Waals surface area contributed by atoms with Crippen LogP contribution in [0.25, 0.3) is 0 Å². The van der Waals surface area contributed by atoms with E-state index in [1.807, 2.05) is 12.1 Å². The Labute approximate surface area is 84.5 Å². The van der Waals surface area contributed by atoms with Gasteiger partial charge in [0.05, 0.1) is 0 Å². The topological polar surface area (TPSA) is 20.3 Å². The van der Waals surface area contributed by atoms with Gasteiger partial charge < -0.3 is 4.90 Å². The first-order chi connectivity index (χ1) is 6.79. The van der Waals surface area contributed by atoms with E-state index >= 15 is 0 Å². The second-order valence-electron chi connectivity index (χ2n) is 4.03. The summed E-state index contributed by atoms with van der Waals surface area (Å²) in [5, 5.41) is 0. The number of benzene rings is 1. The van der Waals surface area contributed by atoms with Gasteiger partial charge in [-0.2, -0.15) is 0 Å². The molecule has 2 heteroatoms. The molecule has 1 unspecified atom stereocenters. The van der Waals surface area contributed by atoms with Gasteiger partial charge in [0.15, 0.2) is 0 Å². The van der Waals surface area contributed by atoms with Crippen molar-refractivity contribution in [1.29, 1.82) is 0 Å². The van der Waals surface area contributed by atoms with Gasteiger partial charge in [-0.15, -0.1) is 0 Å². The van der Waals surface area contributed by atoms with Crippen LogP contribution in [0.15, 0.2) is 24.3 Å². The normalized spacial score (nSPS) is 22.5. The third-order valence-corrected chi connectivity index (χ3v) is 2.94. The van der Waals surface area contributed by atoms with Gasteiger partial charge in [-0.1, -0.05) is 24.3 Å². The molecule has 0 amide bonds. The third-order valence-electron chi connectivity index (χ3n) is 2.94. The van der Waals surface area contributed by atoms with Gasteiger partial charge in [-0.25, -0.2) is 0 Å². The number of rotatable bonds is 2. The number of likely N-dealkylation sites (tertiary alicyclic amines) is 1. The number of carbonyl (C=O) groups excluding carboxylic acids is 1. The summed E-state index contributed by atoms with van der Waals surface area (Å²) in [7, 11) is 2.15. The molecular weight excluding hydrogens is 174 g/mol. The lowest BCUT2D eigenvalue weighted by Gasteiger charge is -2.10. The van der Waals surface area contributed by atoms with Crippen molar-refractivity contribution in [2.45, 2.75) is 12.3 Å². The molecule has 1 aliphatic rings. The van der Waals surface area contributed by atoms with Gasteiger partial charge in [-0.05, 0) is 31.5 Å². The Hall–Kier alpha value is -1.15. The molecule has 1 atom stereocenters. The maximum atomic E-state index is 10.5. The monoisotopic (exact) mass is 189 g/mol. The molecule has 0 radical (unpaired) electrons. The largest absolute Gasteiger partial charge is 0.306 e. The van der Waals surface area contributed by atoms with Crippen LogP contribution in [-0.2, 0) is 0 Å². The SMILES string of the molecule is CN1CCC(c2ccc(C=O)cc2)C1. The quantitative estimate of drug-likeness (QED) is 0.662. The summed E-state index contributed by atoms with van der Waals surface area (Å²) in [5.74, 6) is 0.653. The third kappa shape index (κ3) is 1.85. The Morgan fingerprint density at radius 3 is 2.57 bits per heavy atom. The van der Waals surface area contributed by atoms with Crippen molar-refractivity contribution in [1.82, 2.24) is 4.90 Å². The Balaban J connectivity index is 2.13. The standard InChI is InChI=1S/C12H15NO/c1-13-7-6-12(8-13)11-4-2-10(9-14)3-5-11/h2-5,9,12H,6-8H2,1H3. The molecule has 2 nitrogen and oxygen atoms in total. The summed E-state index contributed by atoms with van der Waals surface area (Å²) in [4.78, 5) is 12.8. The zero-order valence-electron chi connectivity index (χ0n) is 8.44. The summed E-state index contributed by atoms with van der Waals surface area (Å²) in [6, 6.07) is 7.96. The number of carbonyl (C=O) groups is 1. The number of hydrogen-bond acceptors (Lipinski definition) is 2. The zero-order chi connectivity index (χ0) is 9.97. The van der Waals surface area contributed by atoms with E-state index in [0.29, 0.717) is 5.92 Å². The van der Waals surface area contributed by atoms with Crippen molar-refractivity contribution in [3.63, 3.8) is 0 Å². The van der Waals surface area contributed by atoms with Crippen LogP contribution in [0.2, 0.25) is 0 Å². The number of nitrogens with zero attached hydrogens (tertiary/aromatic N) is 1. The van der Waals surface area contributed by atoms with Crippen LogP contribution in [0.3, 0.4) is 0 Å². The molecular formula is C12H15NO. The fourth-order valence-corrected chi connectivity index (χ4v) is 2.05. The first kappa shape index (κ1) is 9.41. The first-order valence-corrected chi connectivity index (χ1v) is 5.03. The minimum absolute atomic E-state index is 0.653. The molecule has 74 valence electrons. The summed E-state index contributed by atoms with van der Waals surface area (Å²) in [5.41, 5.74) is 2.13. The first-order valence-electron chi connectivity index (χ1n) is 5.03. The van der Waals surface area contributed by atoms with E-state index in [1.165, 1.54) is 18.5 Å². The molecule has 0 spiro atoms. The molecule has 0 N–H and O–H groups in total. The smallest absolute Gasteiger partial charge is 0.150 e. The van der Waals surface area contributed by atoms with Gasteiger partial charge >= 0.3 is 0 Å². The predicted octanol–water partition coefficient (Wildman–Crippen LogP) is 1.92. The van der Waals surface area contributed by atoms with E-state index in [1.54, 1.807) is 0 Å². The van der Waals surface area contributed by atoms with Gasteiger partial charge in [-0.3, -0.25) is 4.79 Å². The van der Waals surface area contributed by atoms with Crippen molar-refractivity contribution in [3.8, 4) is 0 Å². The fraction of sp³-hybridized carbons (Fsp3) is 0.417. The highest BCUT2D eigenvalue weighted by molar-refractivity contribution is 5.74. The highest BCUT2D eigenvalue weighted by Crippen LogP contribution is 2.25. The molecule has 0 aliphatic carbocycles. The second kappa shape index (κ2) is 3.93. The lowest BCUT2D eigenvalue weighted by Crippen LogP contribution is -2.13. The summed E-state index contributed by atoms with van der Waals surface area (Å²) in [6.45, 7) is 2.32. The maximum Gasteiger partial charge on any atom is 0.150 e. The van der Waals surface area contributed by atoms with E-state index in [0.717, 1.165) is 18.4 Å².